The Balaban J connectivity index is 2.22. The molecule has 1 aromatic heterocycles. The molecule has 1 heterocycles. The Morgan fingerprint density at radius 3 is 2.00 bits per heavy atom. The molecule has 0 aliphatic carbocycles. The second-order valence-corrected chi connectivity index (χ2v) is 8.17. The Bertz CT molecular complexity index is 621. The van der Waals surface area contributed by atoms with Crippen LogP contribution in [0.5, 0.6) is 0 Å². The van der Waals surface area contributed by atoms with Crippen molar-refractivity contribution in [2.75, 3.05) is 16.8 Å². The summed E-state index contributed by atoms with van der Waals surface area (Å²) in [5.74, 6) is 0.111. The third-order valence-electron chi connectivity index (χ3n) is 2.13. The van der Waals surface area contributed by atoms with E-state index in [4.69, 9.17) is 18.2 Å². The first-order valence-electron chi connectivity index (χ1n) is 5.05. The number of nitrogens with one attached hydrogen (secondary N) is 1. The van der Waals surface area contributed by atoms with Crippen LogP contribution in [-0.4, -0.2) is 41.4 Å². The van der Waals surface area contributed by atoms with E-state index in [0.717, 1.165) is 0 Å². The van der Waals surface area contributed by atoms with Gasteiger partial charge in [0, 0.05) is 0 Å². The zero-order valence-electron chi connectivity index (χ0n) is 9.56. The van der Waals surface area contributed by atoms with Crippen molar-refractivity contribution < 1.29 is 9.79 Å². The minimum absolute atomic E-state index is 0.0127. The number of rotatable bonds is 3. The van der Waals surface area contributed by atoms with Crippen molar-refractivity contribution in [3.8, 4) is 0 Å². The number of nitrogens with two attached hydrogens (primary N) is 2. The molecular weight excluding hydrogens is 362 g/mol. The molecule has 2 rings (SSSR count). The summed E-state index contributed by atoms with van der Waals surface area (Å²) >= 11 is -5.14. The Morgan fingerprint density at radius 1 is 1.00 bits per heavy atom. The first kappa shape index (κ1) is 13.6. The number of benzene rings is 1. The second-order valence-electron chi connectivity index (χ2n) is 3.59. The molecule has 0 bridgehead atoms. The zero-order valence-corrected chi connectivity index (χ0v) is 12.1. The van der Waals surface area contributed by atoms with Crippen LogP contribution in [0.4, 0.5) is 23.5 Å². The first-order valence-corrected chi connectivity index (χ1v) is 9.65. The monoisotopic (exact) mass is 372 g/mol. The molecule has 2 aromatic rings. The van der Waals surface area contributed by atoms with Gasteiger partial charge >= 0.3 is 112 Å². The average molecular weight is 373 g/mol. The SMILES string of the molecule is Nc1nc(N)nc(Nc2cc[c]([Sb](=[O])([OH])[OH])cc2)n1. The van der Waals surface area contributed by atoms with E-state index in [1.54, 1.807) is 0 Å². The van der Waals surface area contributed by atoms with Crippen LogP contribution in [-0.2, 0) is 3.02 Å². The van der Waals surface area contributed by atoms with Crippen LogP contribution in [0.15, 0.2) is 24.3 Å². The average Bonchev–Trinajstić information content (AvgIpc) is 2.26. The van der Waals surface area contributed by atoms with Crippen LogP contribution in [0.2, 0.25) is 0 Å². The Labute approximate surface area is 112 Å². The Kier molecular flexibility index (Phi) is 3.61. The van der Waals surface area contributed by atoms with Crippen molar-refractivity contribution in [2.45, 2.75) is 0 Å². The van der Waals surface area contributed by atoms with Crippen LogP contribution < -0.4 is 20.3 Å². The summed E-state index contributed by atoms with van der Waals surface area (Å²) in [4.78, 5) is 11.3. The van der Waals surface area contributed by atoms with E-state index in [1.807, 2.05) is 0 Å². The van der Waals surface area contributed by atoms with Gasteiger partial charge in [0.15, 0.2) is 0 Å². The molecule has 1 aromatic carbocycles. The molecule has 100 valence electrons. The van der Waals surface area contributed by atoms with Crippen molar-refractivity contribution in [1.29, 1.82) is 0 Å². The van der Waals surface area contributed by atoms with Crippen LogP contribution in [0, 0.1) is 0 Å². The number of aromatic nitrogens is 3. The van der Waals surface area contributed by atoms with Gasteiger partial charge in [-0.05, 0) is 0 Å². The molecule has 7 N–H and O–H groups in total. The van der Waals surface area contributed by atoms with Crippen molar-refractivity contribution in [1.82, 2.24) is 15.0 Å². The molecule has 0 aliphatic heterocycles. The summed E-state index contributed by atoms with van der Waals surface area (Å²) in [5.41, 5.74) is 11.4. The predicted molar refractivity (Wildman–Crippen MR) is 68.9 cm³/mol. The van der Waals surface area contributed by atoms with Crippen molar-refractivity contribution in [3.05, 3.63) is 24.3 Å². The summed E-state index contributed by atoms with van der Waals surface area (Å²) in [6, 6.07) is 5.68. The summed E-state index contributed by atoms with van der Waals surface area (Å²) in [6.07, 6.45) is 0. The summed E-state index contributed by atoms with van der Waals surface area (Å²) in [7, 11) is 0. The molecule has 0 unspecified atom stereocenters. The van der Waals surface area contributed by atoms with E-state index < -0.39 is 19.6 Å². The van der Waals surface area contributed by atoms with E-state index in [9.17, 15) is 3.02 Å². The zero-order chi connectivity index (χ0) is 14.0. The molecule has 0 atom stereocenters. The fraction of sp³-hybridized carbons (Fsp3) is 0. The molecule has 0 aliphatic rings. The minimum atomic E-state index is -5.14. The molecule has 0 radical (unpaired) electrons. The van der Waals surface area contributed by atoms with E-state index >= 15 is 0 Å². The number of hydrogen-bond acceptors (Lipinski definition) is 7. The number of hydrogen-bond donors (Lipinski definition) is 5. The van der Waals surface area contributed by atoms with E-state index in [1.165, 1.54) is 24.3 Å². The van der Waals surface area contributed by atoms with Gasteiger partial charge in [-0.25, -0.2) is 0 Å². The Morgan fingerprint density at radius 2 is 1.53 bits per heavy atom. The van der Waals surface area contributed by atoms with Gasteiger partial charge in [-0.3, -0.25) is 0 Å². The van der Waals surface area contributed by atoms with Gasteiger partial charge in [0.05, 0.1) is 0 Å². The number of nitrogen functional groups attached to an aromatic ring is 2. The van der Waals surface area contributed by atoms with Crippen LogP contribution in [0.1, 0.15) is 0 Å². The van der Waals surface area contributed by atoms with Crippen LogP contribution >= 0.6 is 0 Å². The number of nitrogens with zero attached hydrogens (tertiary/aromatic N) is 3. The molecule has 0 fully saturated rings. The molecule has 0 spiro atoms. The molecule has 19 heavy (non-hydrogen) atoms. The second kappa shape index (κ2) is 5.04. The maximum absolute atomic E-state index is 11.1. The third kappa shape index (κ3) is 3.57. The molecule has 10 heteroatoms. The van der Waals surface area contributed by atoms with Gasteiger partial charge < -0.3 is 0 Å². The standard InChI is InChI=1S/C9H9N6.2H2O.O.Sb/c10-7-13-8(11)15-9(14-7)12-6-4-2-1-3-5-6;;;;/h2-5H,(H5,10,11,12,13,14,15);2*1H2;;/q;;;;+2/p-2. The maximum atomic E-state index is 11.1. The molecule has 0 saturated heterocycles. The molecule has 9 nitrogen and oxygen atoms in total. The van der Waals surface area contributed by atoms with Gasteiger partial charge in [0.1, 0.15) is 0 Å². The summed E-state index contributed by atoms with van der Waals surface area (Å²) in [5, 5.41) is 2.80. The van der Waals surface area contributed by atoms with Crippen molar-refractivity contribution >= 4 is 46.7 Å². The summed E-state index contributed by atoms with van der Waals surface area (Å²) in [6.45, 7) is 0. The fourth-order valence-electron chi connectivity index (χ4n) is 1.33. The van der Waals surface area contributed by atoms with Gasteiger partial charge in [-0.2, -0.15) is 0 Å². The van der Waals surface area contributed by atoms with Gasteiger partial charge in [0.2, 0.25) is 0 Å². The Hall–Kier alpha value is -1.83. The van der Waals surface area contributed by atoms with Crippen LogP contribution in [0.3, 0.4) is 0 Å². The first-order chi connectivity index (χ1) is 8.84. The van der Waals surface area contributed by atoms with Gasteiger partial charge in [-0.15, -0.1) is 0 Å². The summed E-state index contributed by atoms with van der Waals surface area (Å²) < 4.78 is 29.2. The normalized spacial score (nSPS) is 11.3. The molecule has 0 amide bonds. The van der Waals surface area contributed by atoms with Crippen molar-refractivity contribution in [2.24, 2.45) is 0 Å². The van der Waals surface area contributed by atoms with Gasteiger partial charge in [-0.1, -0.05) is 0 Å². The number of anilines is 4. The fourth-order valence-corrected chi connectivity index (χ4v) is 2.87. The molecular formula is C9H11N6O3Sb. The third-order valence-corrected chi connectivity index (χ3v) is 4.90. The van der Waals surface area contributed by atoms with E-state index in [-0.39, 0.29) is 21.4 Å². The van der Waals surface area contributed by atoms with Gasteiger partial charge in [0.25, 0.3) is 0 Å². The quantitative estimate of drug-likeness (QED) is 0.397. The van der Waals surface area contributed by atoms with Crippen LogP contribution in [0.25, 0.3) is 0 Å². The van der Waals surface area contributed by atoms with E-state index in [0.29, 0.717) is 5.69 Å². The van der Waals surface area contributed by atoms with E-state index in [2.05, 4.69) is 20.3 Å². The predicted octanol–water partition coefficient (Wildman–Crippen LogP) is -1.66. The molecule has 0 saturated carbocycles. The van der Waals surface area contributed by atoms with Crippen molar-refractivity contribution in [3.63, 3.8) is 0 Å². The topological polar surface area (TPSA) is 160 Å².